The Morgan fingerprint density at radius 2 is 1.78 bits per heavy atom. The third-order valence-corrected chi connectivity index (χ3v) is 8.54. The SMILES string of the molecule is O=C(NCCSCc1c(F)cccc1Cl)C1CCN(S(=O)(=O)Cc2ccccc2F)CC1. The maximum Gasteiger partial charge on any atom is 0.223 e. The molecule has 1 saturated heterocycles. The van der Waals surface area contributed by atoms with Crippen LogP contribution in [0.25, 0.3) is 0 Å². The summed E-state index contributed by atoms with van der Waals surface area (Å²) in [6.07, 6.45) is 0.834. The van der Waals surface area contributed by atoms with Gasteiger partial charge in [0.25, 0.3) is 0 Å². The molecule has 1 aliphatic heterocycles. The van der Waals surface area contributed by atoms with Crippen molar-refractivity contribution >= 4 is 39.3 Å². The topological polar surface area (TPSA) is 66.5 Å². The highest BCUT2D eigenvalue weighted by molar-refractivity contribution is 7.98. The molecule has 0 unspecified atom stereocenters. The number of hydrogen-bond acceptors (Lipinski definition) is 4. The number of nitrogens with zero attached hydrogens (tertiary/aromatic N) is 1. The minimum Gasteiger partial charge on any atom is -0.355 e. The summed E-state index contributed by atoms with van der Waals surface area (Å²) in [5, 5.41) is 3.25. The van der Waals surface area contributed by atoms with Crippen molar-refractivity contribution in [1.82, 2.24) is 9.62 Å². The monoisotopic (exact) mass is 502 g/mol. The number of benzene rings is 2. The fraction of sp³-hybridized carbons (Fsp3) is 0.409. The lowest BCUT2D eigenvalue weighted by molar-refractivity contribution is -0.125. The summed E-state index contributed by atoms with van der Waals surface area (Å²) in [4.78, 5) is 12.4. The summed E-state index contributed by atoms with van der Waals surface area (Å²) < 4.78 is 54.1. The average Bonchev–Trinajstić information content (AvgIpc) is 2.77. The molecule has 1 fully saturated rings. The van der Waals surface area contributed by atoms with Crippen molar-refractivity contribution in [3.63, 3.8) is 0 Å². The van der Waals surface area contributed by atoms with Gasteiger partial charge in [0.15, 0.2) is 0 Å². The molecular formula is C22H25ClF2N2O3S2. The summed E-state index contributed by atoms with van der Waals surface area (Å²) >= 11 is 7.47. The number of piperidine rings is 1. The zero-order chi connectivity index (χ0) is 23.1. The number of nitrogens with one attached hydrogen (secondary N) is 1. The normalized spacial score (nSPS) is 15.6. The molecule has 174 valence electrons. The van der Waals surface area contributed by atoms with Crippen LogP contribution in [0.3, 0.4) is 0 Å². The van der Waals surface area contributed by atoms with E-state index in [0.717, 1.165) is 0 Å². The molecule has 0 aliphatic carbocycles. The van der Waals surface area contributed by atoms with Gasteiger partial charge in [0.05, 0.1) is 5.75 Å². The number of carbonyl (C=O) groups excluding carboxylic acids is 1. The van der Waals surface area contributed by atoms with Gasteiger partial charge in [0.2, 0.25) is 15.9 Å². The molecule has 2 aromatic rings. The largest absolute Gasteiger partial charge is 0.355 e. The fourth-order valence-electron chi connectivity index (χ4n) is 3.53. The van der Waals surface area contributed by atoms with Gasteiger partial charge in [-0.2, -0.15) is 11.8 Å². The van der Waals surface area contributed by atoms with Crippen LogP contribution in [0.1, 0.15) is 24.0 Å². The van der Waals surface area contributed by atoms with Crippen molar-refractivity contribution in [2.45, 2.75) is 24.3 Å². The van der Waals surface area contributed by atoms with Gasteiger partial charge in [-0.05, 0) is 31.0 Å². The van der Waals surface area contributed by atoms with Crippen molar-refractivity contribution in [2.75, 3.05) is 25.4 Å². The molecule has 5 nitrogen and oxygen atoms in total. The third kappa shape index (κ3) is 6.66. The van der Waals surface area contributed by atoms with Crippen LogP contribution in [0.4, 0.5) is 8.78 Å². The average molecular weight is 503 g/mol. The van der Waals surface area contributed by atoms with Crippen LogP contribution < -0.4 is 5.32 Å². The van der Waals surface area contributed by atoms with E-state index in [2.05, 4.69) is 5.32 Å². The molecule has 1 N–H and O–H groups in total. The van der Waals surface area contributed by atoms with Crippen LogP contribution >= 0.6 is 23.4 Å². The molecule has 0 radical (unpaired) electrons. The van der Waals surface area contributed by atoms with Crippen molar-refractivity contribution < 1.29 is 22.0 Å². The number of amides is 1. The minimum absolute atomic E-state index is 0.110. The van der Waals surface area contributed by atoms with E-state index in [1.807, 2.05) is 0 Å². The number of hydrogen-bond donors (Lipinski definition) is 1. The third-order valence-electron chi connectivity index (χ3n) is 5.37. The number of halogens is 3. The fourth-order valence-corrected chi connectivity index (χ4v) is 6.31. The van der Waals surface area contributed by atoms with Crippen LogP contribution in [0.5, 0.6) is 0 Å². The van der Waals surface area contributed by atoms with Gasteiger partial charge in [-0.25, -0.2) is 21.5 Å². The zero-order valence-electron chi connectivity index (χ0n) is 17.4. The highest BCUT2D eigenvalue weighted by Crippen LogP contribution is 2.24. The van der Waals surface area contributed by atoms with Gasteiger partial charge in [-0.1, -0.05) is 35.9 Å². The van der Waals surface area contributed by atoms with Crippen LogP contribution in [0, 0.1) is 17.6 Å². The molecule has 3 rings (SSSR count). The first-order valence-electron chi connectivity index (χ1n) is 10.3. The lowest BCUT2D eigenvalue weighted by Gasteiger charge is -2.30. The first-order valence-corrected chi connectivity index (χ1v) is 13.4. The standard InChI is InChI=1S/C22H25ClF2N2O3S2/c23-19-5-3-7-21(25)18(19)14-31-13-10-26-22(28)16-8-11-27(12-9-16)32(29,30)15-17-4-1-2-6-20(17)24/h1-7,16H,8-15H2,(H,26,28). The molecule has 1 heterocycles. The van der Waals surface area contributed by atoms with Gasteiger partial charge in [-0.3, -0.25) is 4.79 Å². The summed E-state index contributed by atoms with van der Waals surface area (Å²) in [7, 11) is -3.65. The molecule has 10 heteroatoms. The van der Waals surface area contributed by atoms with E-state index in [9.17, 15) is 22.0 Å². The summed E-state index contributed by atoms with van der Waals surface area (Å²) in [6.45, 7) is 0.895. The molecule has 0 atom stereocenters. The predicted molar refractivity (Wildman–Crippen MR) is 124 cm³/mol. The van der Waals surface area contributed by atoms with Gasteiger partial charge in [0.1, 0.15) is 11.6 Å². The summed E-state index contributed by atoms with van der Waals surface area (Å²) in [6, 6.07) is 10.4. The molecular weight excluding hydrogens is 478 g/mol. The second-order valence-corrected chi connectivity index (χ2v) is 11.0. The predicted octanol–water partition coefficient (Wildman–Crippen LogP) is 4.21. The zero-order valence-corrected chi connectivity index (χ0v) is 19.8. The molecule has 0 saturated carbocycles. The minimum atomic E-state index is -3.65. The van der Waals surface area contributed by atoms with Crippen molar-refractivity contribution in [3.8, 4) is 0 Å². The van der Waals surface area contributed by atoms with Crippen LogP contribution in [-0.4, -0.2) is 44.0 Å². The number of thioether (sulfide) groups is 1. The Hall–Kier alpha value is -1.68. The number of carbonyl (C=O) groups is 1. The van der Waals surface area contributed by atoms with E-state index < -0.39 is 15.8 Å². The highest BCUT2D eigenvalue weighted by atomic mass is 35.5. The van der Waals surface area contributed by atoms with E-state index >= 15 is 0 Å². The van der Waals surface area contributed by atoms with E-state index in [4.69, 9.17) is 11.6 Å². The van der Waals surface area contributed by atoms with Crippen LogP contribution in [0.2, 0.25) is 5.02 Å². The van der Waals surface area contributed by atoms with Gasteiger partial charge < -0.3 is 5.32 Å². The summed E-state index contributed by atoms with van der Waals surface area (Å²) in [5.41, 5.74) is 0.594. The molecule has 0 aromatic heterocycles. The van der Waals surface area contributed by atoms with Gasteiger partial charge in [0, 0.05) is 53.2 Å². The number of sulfonamides is 1. The molecule has 1 aliphatic rings. The van der Waals surface area contributed by atoms with Crippen molar-refractivity contribution in [1.29, 1.82) is 0 Å². The lowest BCUT2D eigenvalue weighted by Crippen LogP contribution is -2.43. The van der Waals surface area contributed by atoms with Crippen LogP contribution in [-0.2, 0) is 26.3 Å². The van der Waals surface area contributed by atoms with Crippen molar-refractivity contribution in [3.05, 3.63) is 70.2 Å². The smallest absolute Gasteiger partial charge is 0.223 e. The highest BCUT2D eigenvalue weighted by Gasteiger charge is 2.31. The second kappa shape index (κ2) is 11.4. The molecule has 1 amide bonds. The van der Waals surface area contributed by atoms with E-state index in [1.54, 1.807) is 18.2 Å². The Morgan fingerprint density at radius 1 is 1.09 bits per heavy atom. The van der Waals surface area contributed by atoms with Crippen molar-refractivity contribution in [2.24, 2.45) is 5.92 Å². The van der Waals surface area contributed by atoms with E-state index in [-0.39, 0.29) is 42.0 Å². The van der Waals surface area contributed by atoms with E-state index in [0.29, 0.717) is 41.5 Å². The quantitative estimate of drug-likeness (QED) is 0.522. The molecule has 32 heavy (non-hydrogen) atoms. The Bertz CT molecular complexity index is 1020. The Labute approximate surface area is 196 Å². The van der Waals surface area contributed by atoms with Crippen LogP contribution in [0.15, 0.2) is 42.5 Å². The molecule has 0 spiro atoms. The molecule has 0 bridgehead atoms. The first-order chi connectivity index (χ1) is 15.3. The van der Waals surface area contributed by atoms with E-state index in [1.165, 1.54) is 40.3 Å². The lowest BCUT2D eigenvalue weighted by atomic mass is 9.97. The maximum absolute atomic E-state index is 13.8. The first kappa shape index (κ1) is 25.0. The Morgan fingerprint density at radius 3 is 2.47 bits per heavy atom. The second-order valence-electron chi connectivity index (χ2n) is 7.56. The Balaban J connectivity index is 1.39. The number of rotatable bonds is 9. The summed E-state index contributed by atoms with van der Waals surface area (Å²) in [5.74, 6) is -0.626. The van der Waals surface area contributed by atoms with Gasteiger partial charge >= 0.3 is 0 Å². The molecule has 2 aromatic carbocycles. The van der Waals surface area contributed by atoms with Gasteiger partial charge in [-0.15, -0.1) is 0 Å². The maximum atomic E-state index is 13.8. The Kier molecular flexibility index (Phi) is 8.93.